The maximum Gasteiger partial charge on any atom is 0.167 e. The Morgan fingerprint density at radius 1 is 0.706 bits per heavy atom. The van der Waals surface area contributed by atoms with Gasteiger partial charge in [0.05, 0.1) is 65.5 Å². The monoisotopic (exact) mass is 245 g/mol. The van der Waals surface area contributed by atoms with E-state index in [1.54, 1.807) is 0 Å². The molecule has 0 aliphatic carbocycles. The van der Waals surface area contributed by atoms with Crippen molar-refractivity contribution in [2.24, 2.45) is 0 Å². The van der Waals surface area contributed by atoms with Gasteiger partial charge in [-0.3, -0.25) is 0 Å². The van der Waals surface area contributed by atoms with Gasteiger partial charge in [-0.25, -0.2) is 0 Å². The third-order valence-corrected chi connectivity index (χ3v) is 2.08. The van der Waals surface area contributed by atoms with Gasteiger partial charge < -0.3 is 23.7 Å². The molecule has 0 radical (unpaired) electrons. The maximum absolute atomic E-state index is 8.79. The fraction of sp³-hybridized carbons (Fsp3) is 0.909. The van der Waals surface area contributed by atoms with Gasteiger partial charge in [-0.1, -0.05) is 0 Å². The van der Waals surface area contributed by atoms with E-state index in [1.165, 1.54) is 0 Å². The second kappa shape index (κ2) is 10.4. The summed E-state index contributed by atoms with van der Waals surface area (Å²) in [5, 5.41) is 8.79. The molecule has 0 N–H and O–H groups in total. The van der Waals surface area contributed by atoms with Crippen LogP contribution in [0, 0.1) is 11.3 Å². The van der Waals surface area contributed by atoms with E-state index in [2.05, 4.69) is 0 Å². The number of hydrogen-bond donors (Lipinski definition) is 0. The maximum atomic E-state index is 8.79. The topological polar surface area (TPSA) is 69.9 Å². The van der Waals surface area contributed by atoms with Crippen LogP contribution in [-0.2, 0) is 23.7 Å². The van der Waals surface area contributed by atoms with E-state index in [-0.39, 0.29) is 6.61 Å². The highest BCUT2D eigenvalue weighted by Gasteiger charge is 2.07. The molecule has 1 rings (SSSR count). The molecule has 17 heavy (non-hydrogen) atoms. The van der Waals surface area contributed by atoms with E-state index in [4.69, 9.17) is 28.9 Å². The largest absolute Gasteiger partial charge is 0.377 e. The molecule has 1 unspecified atom stereocenters. The van der Waals surface area contributed by atoms with Gasteiger partial charge in [0.1, 0.15) is 0 Å². The molecule has 0 bridgehead atoms. The standard InChI is InChI=1S/C11H19NO5/c12-9-11-10-16-6-5-14-2-1-13-3-4-15-7-8-17-11/h11H,1-8,10H2. The van der Waals surface area contributed by atoms with Crippen molar-refractivity contribution in [3.8, 4) is 6.07 Å². The van der Waals surface area contributed by atoms with Crippen LogP contribution in [0.25, 0.3) is 0 Å². The van der Waals surface area contributed by atoms with Crippen LogP contribution in [0.2, 0.25) is 0 Å². The summed E-state index contributed by atoms with van der Waals surface area (Å²) in [5.74, 6) is 0. The minimum atomic E-state index is -0.542. The van der Waals surface area contributed by atoms with E-state index in [9.17, 15) is 0 Å². The zero-order valence-corrected chi connectivity index (χ0v) is 9.93. The van der Waals surface area contributed by atoms with Gasteiger partial charge >= 0.3 is 0 Å². The van der Waals surface area contributed by atoms with Crippen LogP contribution < -0.4 is 0 Å². The first kappa shape index (κ1) is 14.4. The highest BCUT2D eigenvalue weighted by atomic mass is 16.6. The molecule has 0 spiro atoms. The van der Waals surface area contributed by atoms with Crippen LogP contribution in [0.4, 0.5) is 0 Å². The van der Waals surface area contributed by atoms with Crippen molar-refractivity contribution in [2.75, 3.05) is 59.5 Å². The van der Waals surface area contributed by atoms with Crippen LogP contribution in [0.1, 0.15) is 0 Å². The highest BCUT2D eigenvalue weighted by Crippen LogP contribution is 1.93. The Morgan fingerprint density at radius 3 is 1.71 bits per heavy atom. The first-order chi connectivity index (χ1) is 8.43. The molecule has 1 aliphatic heterocycles. The molecule has 1 saturated heterocycles. The smallest absolute Gasteiger partial charge is 0.167 e. The SMILES string of the molecule is N#CC1COCCOCCOCCOCCO1. The molecule has 6 heteroatoms. The minimum Gasteiger partial charge on any atom is -0.377 e. The quantitative estimate of drug-likeness (QED) is 0.597. The Bertz CT molecular complexity index is 202. The van der Waals surface area contributed by atoms with Crippen molar-refractivity contribution in [1.82, 2.24) is 0 Å². The summed E-state index contributed by atoms with van der Waals surface area (Å²) >= 11 is 0. The summed E-state index contributed by atoms with van der Waals surface area (Å²) in [6.07, 6.45) is -0.542. The fourth-order valence-electron chi connectivity index (χ4n) is 1.22. The Labute approximate surface area is 101 Å². The lowest BCUT2D eigenvalue weighted by Crippen LogP contribution is -2.21. The van der Waals surface area contributed by atoms with Crippen LogP contribution in [0.3, 0.4) is 0 Å². The van der Waals surface area contributed by atoms with Crippen molar-refractivity contribution in [3.05, 3.63) is 0 Å². The predicted octanol–water partition coefficient (Wildman–Crippen LogP) is -0.0248. The Kier molecular flexibility index (Phi) is 8.82. The first-order valence-electron chi connectivity index (χ1n) is 5.75. The number of nitrogens with zero attached hydrogens (tertiary/aromatic N) is 1. The van der Waals surface area contributed by atoms with E-state index >= 15 is 0 Å². The first-order valence-corrected chi connectivity index (χ1v) is 5.75. The van der Waals surface area contributed by atoms with Crippen LogP contribution in [-0.4, -0.2) is 65.6 Å². The number of hydrogen-bond acceptors (Lipinski definition) is 6. The molecule has 0 aromatic rings. The molecule has 0 aromatic carbocycles. The summed E-state index contributed by atoms with van der Waals surface area (Å²) in [7, 11) is 0. The lowest BCUT2D eigenvalue weighted by atomic mass is 10.4. The van der Waals surface area contributed by atoms with Gasteiger partial charge in [0.15, 0.2) is 6.10 Å². The molecule has 0 aromatic heterocycles. The average Bonchev–Trinajstić information content (AvgIpc) is 2.36. The van der Waals surface area contributed by atoms with Crippen molar-refractivity contribution in [1.29, 1.82) is 5.26 Å². The molecule has 98 valence electrons. The Morgan fingerprint density at radius 2 is 1.18 bits per heavy atom. The number of ether oxygens (including phenoxy) is 5. The van der Waals surface area contributed by atoms with E-state index in [0.717, 1.165) is 0 Å². The van der Waals surface area contributed by atoms with E-state index in [1.807, 2.05) is 6.07 Å². The van der Waals surface area contributed by atoms with Crippen LogP contribution in [0.15, 0.2) is 0 Å². The molecule has 1 fully saturated rings. The summed E-state index contributed by atoms with van der Waals surface area (Å²) in [6, 6.07) is 2.03. The van der Waals surface area contributed by atoms with Gasteiger partial charge in [-0.2, -0.15) is 5.26 Å². The molecule has 0 saturated carbocycles. The van der Waals surface area contributed by atoms with E-state index in [0.29, 0.717) is 52.9 Å². The summed E-state index contributed by atoms with van der Waals surface area (Å²) in [5.41, 5.74) is 0. The highest BCUT2D eigenvalue weighted by molar-refractivity contribution is 4.83. The minimum absolute atomic E-state index is 0.260. The molecule has 1 heterocycles. The zero-order valence-electron chi connectivity index (χ0n) is 9.93. The second-order valence-corrected chi connectivity index (χ2v) is 3.40. The molecular weight excluding hydrogens is 226 g/mol. The lowest BCUT2D eigenvalue weighted by molar-refractivity contribution is -0.0238. The summed E-state index contributed by atoms with van der Waals surface area (Å²) < 4.78 is 26.3. The average molecular weight is 245 g/mol. The van der Waals surface area contributed by atoms with Gasteiger partial charge in [0.25, 0.3) is 0 Å². The Hall–Kier alpha value is -0.710. The summed E-state index contributed by atoms with van der Waals surface area (Å²) in [6.45, 7) is 4.23. The predicted molar refractivity (Wildman–Crippen MR) is 58.6 cm³/mol. The van der Waals surface area contributed by atoms with Crippen molar-refractivity contribution in [3.63, 3.8) is 0 Å². The van der Waals surface area contributed by atoms with Gasteiger partial charge in [-0.15, -0.1) is 0 Å². The van der Waals surface area contributed by atoms with Crippen LogP contribution >= 0.6 is 0 Å². The zero-order chi connectivity index (χ0) is 12.2. The number of nitriles is 1. The molecule has 1 aliphatic rings. The fourth-order valence-corrected chi connectivity index (χ4v) is 1.22. The van der Waals surface area contributed by atoms with Gasteiger partial charge in [-0.05, 0) is 0 Å². The molecule has 6 nitrogen and oxygen atoms in total. The van der Waals surface area contributed by atoms with Crippen molar-refractivity contribution < 1.29 is 23.7 Å². The molecule has 0 amide bonds. The molecule has 1 atom stereocenters. The van der Waals surface area contributed by atoms with Crippen molar-refractivity contribution in [2.45, 2.75) is 6.10 Å². The Balaban J connectivity index is 2.19. The second-order valence-electron chi connectivity index (χ2n) is 3.40. The number of rotatable bonds is 0. The summed E-state index contributed by atoms with van der Waals surface area (Å²) in [4.78, 5) is 0. The third-order valence-electron chi connectivity index (χ3n) is 2.08. The lowest BCUT2D eigenvalue weighted by Gasteiger charge is -2.11. The molecular formula is C11H19NO5. The normalized spacial score (nSPS) is 26.4. The van der Waals surface area contributed by atoms with Crippen molar-refractivity contribution >= 4 is 0 Å². The van der Waals surface area contributed by atoms with Gasteiger partial charge in [0, 0.05) is 0 Å². The van der Waals surface area contributed by atoms with Crippen LogP contribution in [0.5, 0.6) is 0 Å². The third kappa shape index (κ3) is 8.07. The van der Waals surface area contributed by atoms with Gasteiger partial charge in [0.2, 0.25) is 0 Å². The van der Waals surface area contributed by atoms with E-state index < -0.39 is 6.10 Å².